The summed E-state index contributed by atoms with van der Waals surface area (Å²) in [6, 6.07) is 13.8. The van der Waals surface area contributed by atoms with Crippen LogP contribution in [0.4, 0.5) is 0 Å². The molecule has 174 valence electrons. The molecule has 32 heavy (non-hydrogen) atoms. The van der Waals surface area contributed by atoms with Crippen molar-refractivity contribution in [3.8, 4) is 5.75 Å². The van der Waals surface area contributed by atoms with E-state index < -0.39 is 16.1 Å². The van der Waals surface area contributed by atoms with Gasteiger partial charge in [-0.2, -0.15) is 0 Å². The summed E-state index contributed by atoms with van der Waals surface area (Å²) in [5, 5.41) is 10.1. The van der Waals surface area contributed by atoms with Gasteiger partial charge in [0.05, 0.1) is 22.0 Å². The van der Waals surface area contributed by atoms with E-state index in [4.69, 9.17) is 9.47 Å². The van der Waals surface area contributed by atoms with Crippen LogP contribution in [0.1, 0.15) is 45.6 Å². The van der Waals surface area contributed by atoms with E-state index in [0.717, 1.165) is 38.0 Å². The number of aliphatic hydroxyl groups is 1. The summed E-state index contributed by atoms with van der Waals surface area (Å²) in [5.41, 5.74) is 0.685. The number of nitrogens with zero attached hydrogens (tertiary/aromatic N) is 1. The number of piperidine rings is 1. The van der Waals surface area contributed by atoms with Gasteiger partial charge in [0.15, 0.2) is 6.29 Å². The average molecular weight is 460 g/mol. The molecule has 6 nitrogen and oxygen atoms in total. The van der Waals surface area contributed by atoms with Crippen molar-refractivity contribution in [2.45, 2.75) is 67.1 Å². The molecule has 0 radical (unpaired) electrons. The van der Waals surface area contributed by atoms with E-state index in [1.807, 2.05) is 26.8 Å². The third kappa shape index (κ3) is 4.86. The third-order valence-corrected chi connectivity index (χ3v) is 8.15. The second kappa shape index (κ2) is 8.78. The van der Waals surface area contributed by atoms with Gasteiger partial charge in [-0.3, -0.25) is 0 Å². The Balaban J connectivity index is 1.41. The minimum Gasteiger partial charge on any atom is -0.492 e. The van der Waals surface area contributed by atoms with E-state index in [2.05, 4.69) is 4.90 Å². The van der Waals surface area contributed by atoms with Gasteiger partial charge >= 0.3 is 0 Å². The van der Waals surface area contributed by atoms with Crippen molar-refractivity contribution in [1.82, 2.24) is 4.90 Å². The summed E-state index contributed by atoms with van der Waals surface area (Å²) in [4.78, 5) is 2.91. The van der Waals surface area contributed by atoms with E-state index >= 15 is 0 Å². The fraction of sp³-hybridized carbons (Fsp3) is 0.520. The van der Waals surface area contributed by atoms with Gasteiger partial charge in [-0.1, -0.05) is 24.3 Å². The van der Waals surface area contributed by atoms with Crippen LogP contribution >= 0.6 is 0 Å². The van der Waals surface area contributed by atoms with Crippen molar-refractivity contribution < 1.29 is 23.0 Å². The second-order valence-electron chi connectivity index (χ2n) is 9.86. The van der Waals surface area contributed by atoms with Crippen LogP contribution in [0.3, 0.4) is 0 Å². The van der Waals surface area contributed by atoms with Gasteiger partial charge in [0.25, 0.3) is 0 Å². The minimum atomic E-state index is -3.56. The van der Waals surface area contributed by atoms with Gasteiger partial charge in [0.1, 0.15) is 5.75 Å². The van der Waals surface area contributed by atoms with Gasteiger partial charge in [0, 0.05) is 23.9 Å². The molecule has 2 aromatic rings. The highest BCUT2D eigenvalue weighted by atomic mass is 32.2. The van der Waals surface area contributed by atoms with Crippen LogP contribution in [0.5, 0.6) is 5.75 Å². The maximum Gasteiger partial charge on any atom is 0.206 e. The summed E-state index contributed by atoms with van der Waals surface area (Å²) in [6.45, 7) is 9.01. The number of likely N-dealkylation sites (tertiary alicyclic amines) is 1. The Morgan fingerprint density at radius 2 is 1.78 bits per heavy atom. The van der Waals surface area contributed by atoms with E-state index in [-0.39, 0.29) is 15.9 Å². The van der Waals surface area contributed by atoms with Gasteiger partial charge in [-0.15, -0.1) is 0 Å². The fourth-order valence-electron chi connectivity index (χ4n) is 4.64. The maximum absolute atomic E-state index is 13.0. The molecule has 1 fully saturated rings. The number of benzene rings is 2. The number of sulfone groups is 1. The van der Waals surface area contributed by atoms with Crippen molar-refractivity contribution in [3.05, 3.63) is 54.1 Å². The Morgan fingerprint density at radius 1 is 1.09 bits per heavy atom. The zero-order chi connectivity index (χ0) is 23.0. The smallest absolute Gasteiger partial charge is 0.206 e. The molecule has 0 saturated carbocycles. The SMILES string of the molecule is CC(C)(C)OC(O)CCN1CCC2(CC1)COc1cc(S(=O)(=O)c3ccccc3)ccc12. The molecule has 0 aliphatic carbocycles. The Kier molecular flexibility index (Phi) is 6.38. The summed E-state index contributed by atoms with van der Waals surface area (Å²) in [6.07, 6.45) is 1.71. The van der Waals surface area contributed by atoms with Crippen molar-refractivity contribution in [2.24, 2.45) is 0 Å². The normalized spacial score (nSPS) is 19.5. The molecule has 2 heterocycles. The molecular formula is C25H33NO5S. The van der Waals surface area contributed by atoms with Crippen LogP contribution in [-0.4, -0.2) is 56.6 Å². The highest BCUT2D eigenvalue weighted by Crippen LogP contribution is 2.46. The molecule has 0 aromatic heterocycles. The number of aliphatic hydroxyl groups excluding tert-OH is 1. The van der Waals surface area contributed by atoms with Crippen molar-refractivity contribution in [3.63, 3.8) is 0 Å². The van der Waals surface area contributed by atoms with Crippen LogP contribution in [0, 0.1) is 0 Å². The second-order valence-corrected chi connectivity index (χ2v) is 11.8. The third-order valence-electron chi connectivity index (χ3n) is 6.39. The Morgan fingerprint density at radius 3 is 2.44 bits per heavy atom. The molecule has 1 spiro atoms. The zero-order valence-corrected chi connectivity index (χ0v) is 19.9. The predicted molar refractivity (Wildman–Crippen MR) is 123 cm³/mol. The van der Waals surface area contributed by atoms with Crippen LogP contribution in [0.2, 0.25) is 0 Å². The fourth-order valence-corrected chi connectivity index (χ4v) is 5.93. The monoisotopic (exact) mass is 459 g/mol. The molecule has 1 atom stereocenters. The quantitative estimate of drug-likeness (QED) is 0.663. The number of hydrogen-bond donors (Lipinski definition) is 1. The lowest BCUT2D eigenvalue weighted by atomic mass is 9.74. The first-order valence-electron chi connectivity index (χ1n) is 11.2. The first kappa shape index (κ1) is 23.2. The van der Waals surface area contributed by atoms with E-state index in [0.29, 0.717) is 23.7 Å². The topological polar surface area (TPSA) is 76.1 Å². The van der Waals surface area contributed by atoms with Crippen LogP contribution in [0.25, 0.3) is 0 Å². The Hall–Kier alpha value is -1.93. The maximum atomic E-state index is 13.0. The van der Waals surface area contributed by atoms with E-state index in [9.17, 15) is 13.5 Å². The Bertz CT molecular complexity index is 1040. The number of fused-ring (bicyclic) bond motifs is 2. The molecule has 1 N–H and O–H groups in total. The zero-order valence-electron chi connectivity index (χ0n) is 19.1. The van der Waals surface area contributed by atoms with Crippen molar-refractivity contribution >= 4 is 9.84 Å². The largest absolute Gasteiger partial charge is 0.492 e. The van der Waals surface area contributed by atoms with Crippen LogP contribution in [-0.2, 0) is 20.0 Å². The molecule has 2 aliphatic heterocycles. The van der Waals surface area contributed by atoms with Crippen LogP contribution < -0.4 is 4.74 Å². The first-order valence-corrected chi connectivity index (χ1v) is 12.7. The lowest BCUT2D eigenvalue weighted by Crippen LogP contribution is -2.44. The molecule has 1 unspecified atom stereocenters. The summed E-state index contributed by atoms with van der Waals surface area (Å²) in [5.74, 6) is 0.685. The molecule has 2 aliphatic rings. The van der Waals surface area contributed by atoms with E-state index in [1.165, 1.54) is 0 Å². The number of hydrogen-bond acceptors (Lipinski definition) is 6. The molecule has 0 amide bonds. The van der Waals surface area contributed by atoms with Crippen LogP contribution in [0.15, 0.2) is 58.3 Å². The lowest BCUT2D eigenvalue weighted by molar-refractivity contribution is -0.170. The number of ether oxygens (including phenoxy) is 2. The molecule has 4 rings (SSSR count). The van der Waals surface area contributed by atoms with E-state index in [1.54, 1.807) is 42.5 Å². The van der Waals surface area contributed by atoms with Crippen molar-refractivity contribution in [2.75, 3.05) is 26.2 Å². The summed E-state index contributed by atoms with van der Waals surface area (Å²) >= 11 is 0. The van der Waals surface area contributed by atoms with Gasteiger partial charge < -0.3 is 19.5 Å². The molecule has 1 saturated heterocycles. The van der Waals surface area contributed by atoms with Gasteiger partial charge in [-0.25, -0.2) is 8.42 Å². The average Bonchev–Trinajstić information content (AvgIpc) is 3.10. The first-order chi connectivity index (χ1) is 15.1. The lowest BCUT2D eigenvalue weighted by Gasteiger charge is -2.39. The molecular weight excluding hydrogens is 426 g/mol. The number of rotatable bonds is 6. The summed E-state index contributed by atoms with van der Waals surface area (Å²) < 4.78 is 37.5. The highest BCUT2D eigenvalue weighted by Gasteiger charge is 2.43. The molecule has 0 bridgehead atoms. The highest BCUT2D eigenvalue weighted by molar-refractivity contribution is 7.91. The van der Waals surface area contributed by atoms with Crippen molar-refractivity contribution in [1.29, 1.82) is 0 Å². The predicted octanol–water partition coefficient (Wildman–Crippen LogP) is 3.77. The van der Waals surface area contributed by atoms with Gasteiger partial charge in [0.2, 0.25) is 9.84 Å². The minimum absolute atomic E-state index is 0.0681. The van der Waals surface area contributed by atoms with Gasteiger partial charge in [-0.05, 0) is 71.0 Å². The molecule has 7 heteroatoms. The Labute approximate surface area is 191 Å². The molecule has 2 aromatic carbocycles. The standard InChI is InChI=1S/C25H33NO5S/c1-24(2,3)31-23(27)11-14-26-15-12-25(13-16-26)18-30-22-17-20(9-10-21(22)25)32(28,29)19-7-5-4-6-8-19/h4-10,17,23,27H,11-16,18H2,1-3H3. The summed E-state index contributed by atoms with van der Waals surface area (Å²) in [7, 11) is -3.56.